The largest absolute Gasteiger partial charge is 0.435 e. The predicted octanol–water partition coefficient (Wildman–Crippen LogP) is 9.17. The predicted molar refractivity (Wildman–Crippen MR) is 133 cm³/mol. The highest BCUT2D eigenvalue weighted by Gasteiger charge is 2.24. The van der Waals surface area contributed by atoms with Crippen LogP contribution in [0.2, 0.25) is 0 Å². The van der Waals surface area contributed by atoms with Gasteiger partial charge in [0, 0.05) is 5.56 Å². The molecule has 0 bridgehead atoms. The Labute approximate surface area is 200 Å². The van der Waals surface area contributed by atoms with Gasteiger partial charge in [0.15, 0.2) is 0 Å². The van der Waals surface area contributed by atoms with Crippen LogP contribution < -0.4 is 4.74 Å². The van der Waals surface area contributed by atoms with Crippen molar-refractivity contribution in [1.82, 2.24) is 0 Å². The topological polar surface area (TPSA) is 9.23 Å². The lowest BCUT2D eigenvalue weighted by Gasteiger charge is -2.31. The molecule has 3 heteroatoms. The fourth-order valence-electron chi connectivity index (χ4n) is 5.66. The molecule has 0 unspecified atom stereocenters. The summed E-state index contributed by atoms with van der Waals surface area (Å²) < 4.78 is 28.8. The molecule has 0 atom stereocenters. The van der Waals surface area contributed by atoms with Crippen molar-refractivity contribution in [3.8, 4) is 17.6 Å². The Balaban J connectivity index is 1.28. The third kappa shape index (κ3) is 9.91. The number of ether oxygens (including phenoxy) is 1. The summed E-state index contributed by atoms with van der Waals surface area (Å²) in [5, 5.41) is 0. The summed E-state index contributed by atoms with van der Waals surface area (Å²) >= 11 is 0. The summed E-state index contributed by atoms with van der Waals surface area (Å²) in [6.07, 6.45) is 24.0. The van der Waals surface area contributed by atoms with E-state index in [9.17, 15) is 8.78 Å². The van der Waals surface area contributed by atoms with E-state index in [1.807, 2.05) is 6.08 Å². The molecule has 1 nitrogen and oxygen atoms in total. The highest BCUT2D eigenvalue weighted by molar-refractivity contribution is 5.40. The van der Waals surface area contributed by atoms with E-state index in [1.165, 1.54) is 102 Å². The van der Waals surface area contributed by atoms with Gasteiger partial charge in [0.2, 0.25) is 0 Å². The Kier molecular flexibility index (Phi) is 11.3. The molecule has 0 heterocycles. The van der Waals surface area contributed by atoms with Crippen LogP contribution in [0.5, 0.6) is 5.75 Å². The molecule has 2 aliphatic rings. The number of alkyl halides is 2. The van der Waals surface area contributed by atoms with Crippen LogP contribution in [0.25, 0.3) is 0 Å². The molecule has 0 aromatic heterocycles. The van der Waals surface area contributed by atoms with Crippen LogP contribution in [0, 0.1) is 35.5 Å². The minimum Gasteiger partial charge on any atom is -0.435 e. The first kappa shape index (κ1) is 25.8. The number of unbranched alkanes of at least 4 members (excludes halogenated alkanes) is 2. The molecule has 0 spiro atoms. The lowest BCUT2D eigenvalue weighted by molar-refractivity contribution is -0.0498. The third-order valence-corrected chi connectivity index (χ3v) is 7.80. The van der Waals surface area contributed by atoms with Crippen LogP contribution in [0.1, 0.15) is 102 Å². The standard InChI is InChI=1S/C30H42F2O/c1-2-3-4-7-24-10-14-27(15-11-24)18-19-28-16-12-25(13-17-28)8-5-6-9-26-20-22-29(23-21-26)33-30(31)32/h5,8,20-25,27-28,30H,2-4,7,10-19H2,1H3/b8-5+/t24-,25?,27-,28?. The minimum atomic E-state index is -2.79. The molecule has 0 aliphatic heterocycles. The van der Waals surface area contributed by atoms with Crippen LogP contribution in [-0.2, 0) is 0 Å². The van der Waals surface area contributed by atoms with E-state index in [0.717, 1.165) is 23.3 Å². The van der Waals surface area contributed by atoms with Gasteiger partial charge in [0.25, 0.3) is 0 Å². The normalized spacial score (nSPS) is 25.7. The Morgan fingerprint density at radius 1 is 0.848 bits per heavy atom. The maximum absolute atomic E-state index is 12.2. The average Bonchev–Trinajstić information content (AvgIpc) is 2.83. The molecule has 1 aromatic carbocycles. The molecule has 182 valence electrons. The quantitative estimate of drug-likeness (QED) is 0.252. The summed E-state index contributed by atoms with van der Waals surface area (Å²) in [6.45, 7) is -0.490. The number of rotatable bonds is 10. The molecule has 3 rings (SSSR count). The van der Waals surface area contributed by atoms with Gasteiger partial charge >= 0.3 is 6.61 Å². The van der Waals surface area contributed by atoms with Gasteiger partial charge in [-0.05, 0) is 79.7 Å². The van der Waals surface area contributed by atoms with Gasteiger partial charge in [-0.25, -0.2) is 0 Å². The second kappa shape index (κ2) is 14.4. The van der Waals surface area contributed by atoms with E-state index in [2.05, 4.69) is 29.6 Å². The zero-order valence-corrected chi connectivity index (χ0v) is 20.4. The van der Waals surface area contributed by atoms with Crippen molar-refractivity contribution in [2.24, 2.45) is 23.7 Å². The molecule has 0 radical (unpaired) electrons. The monoisotopic (exact) mass is 456 g/mol. The lowest BCUT2D eigenvalue weighted by Crippen LogP contribution is -2.17. The average molecular weight is 457 g/mol. The van der Waals surface area contributed by atoms with E-state index in [0.29, 0.717) is 5.92 Å². The fraction of sp³-hybridized carbons (Fsp3) is 0.667. The molecule has 0 amide bonds. The van der Waals surface area contributed by atoms with E-state index in [-0.39, 0.29) is 5.75 Å². The van der Waals surface area contributed by atoms with E-state index < -0.39 is 6.61 Å². The zero-order chi connectivity index (χ0) is 23.3. The van der Waals surface area contributed by atoms with Crippen molar-refractivity contribution in [3.05, 3.63) is 42.0 Å². The maximum atomic E-state index is 12.2. The summed E-state index contributed by atoms with van der Waals surface area (Å²) in [6, 6.07) is 6.48. The van der Waals surface area contributed by atoms with Gasteiger partial charge in [0.1, 0.15) is 5.75 Å². The van der Waals surface area contributed by atoms with Crippen LogP contribution in [0.4, 0.5) is 8.78 Å². The molecule has 2 saturated carbocycles. The van der Waals surface area contributed by atoms with Crippen molar-refractivity contribution >= 4 is 0 Å². The van der Waals surface area contributed by atoms with Crippen molar-refractivity contribution in [2.75, 3.05) is 0 Å². The van der Waals surface area contributed by atoms with Crippen LogP contribution in [-0.4, -0.2) is 6.61 Å². The van der Waals surface area contributed by atoms with Crippen molar-refractivity contribution < 1.29 is 13.5 Å². The molecule has 0 N–H and O–H groups in total. The highest BCUT2D eigenvalue weighted by Crippen LogP contribution is 2.38. The van der Waals surface area contributed by atoms with Gasteiger partial charge in [-0.15, -0.1) is 0 Å². The first-order valence-corrected chi connectivity index (χ1v) is 13.4. The number of benzene rings is 1. The number of hydrogen-bond acceptors (Lipinski definition) is 1. The lowest BCUT2D eigenvalue weighted by atomic mass is 9.75. The Morgan fingerprint density at radius 3 is 2.00 bits per heavy atom. The van der Waals surface area contributed by atoms with Crippen LogP contribution in [0.15, 0.2) is 36.4 Å². The first-order chi connectivity index (χ1) is 16.1. The third-order valence-electron chi connectivity index (χ3n) is 7.80. The second-order valence-corrected chi connectivity index (χ2v) is 10.3. The molecule has 33 heavy (non-hydrogen) atoms. The fourth-order valence-corrected chi connectivity index (χ4v) is 5.66. The van der Waals surface area contributed by atoms with Gasteiger partial charge < -0.3 is 4.74 Å². The summed E-state index contributed by atoms with van der Waals surface area (Å²) in [4.78, 5) is 0. The summed E-state index contributed by atoms with van der Waals surface area (Å²) in [7, 11) is 0. The van der Waals surface area contributed by atoms with E-state index in [1.54, 1.807) is 12.1 Å². The van der Waals surface area contributed by atoms with Crippen LogP contribution in [0.3, 0.4) is 0 Å². The molecule has 2 aliphatic carbocycles. The smallest absolute Gasteiger partial charge is 0.387 e. The van der Waals surface area contributed by atoms with Crippen molar-refractivity contribution in [1.29, 1.82) is 0 Å². The molecule has 1 aromatic rings. The molecule has 0 saturated heterocycles. The molecular weight excluding hydrogens is 414 g/mol. The Bertz CT molecular complexity index is 742. The molecular formula is C30H42F2O. The first-order valence-electron chi connectivity index (χ1n) is 13.4. The van der Waals surface area contributed by atoms with E-state index in [4.69, 9.17) is 0 Å². The van der Waals surface area contributed by atoms with E-state index >= 15 is 0 Å². The number of allylic oxidation sites excluding steroid dienone is 2. The number of halogens is 2. The second-order valence-electron chi connectivity index (χ2n) is 10.3. The van der Waals surface area contributed by atoms with Crippen LogP contribution >= 0.6 is 0 Å². The maximum Gasteiger partial charge on any atom is 0.387 e. The highest BCUT2D eigenvalue weighted by atomic mass is 19.3. The van der Waals surface area contributed by atoms with Gasteiger partial charge in [0.05, 0.1) is 0 Å². The van der Waals surface area contributed by atoms with Gasteiger partial charge in [-0.3, -0.25) is 0 Å². The SMILES string of the molecule is CCCCC[C@H]1CC[C@H](CCC2CCC(/C=C/C#Cc3ccc(OC(F)F)cc3)CC2)CC1. The van der Waals surface area contributed by atoms with Gasteiger partial charge in [-0.1, -0.05) is 89.0 Å². The summed E-state index contributed by atoms with van der Waals surface area (Å²) in [5.41, 5.74) is 0.806. The zero-order valence-electron chi connectivity index (χ0n) is 20.4. The van der Waals surface area contributed by atoms with Gasteiger partial charge in [-0.2, -0.15) is 8.78 Å². The van der Waals surface area contributed by atoms with Crippen molar-refractivity contribution in [3.63, 3.8) is 0 Å². The summed E-state index contributed by atoms with van der Waals surface area (Å²) in [5.74, 6) is 9.92. The Morgan fingerprint density at radius 2 is 1.42 bits per heavy atom. The number of hydrogen-bond donors (Lipinski definition) is 0. The van der Waals surface area contributed by atoms with Crippen molar-refractivity contribution in [2.45, 2.75) is 103 Å². The molecule has 2 fully saturated rings. The Hall–Kier alpha value is -1.82. The minimum absolute atomic E-state index is 0.165.